The summed E-state index contributed by atoms with van der Waals surface area (Å²) in [5.74, 6) is 1.51. The van der Waals surface area contributed by atoms with E-state index in [0.717, 1.165) is 36.3 Å². The molecule has 28 heavy (non-hydrogen) atoms. The van der Waals surface area contributed by atoms with Gasteiger partial charge in [-0.1, -0.05) is 6.07 Å². The lowest BCUT2D eigenvalue weighted by Gasteiger charge is -2.17. The van der Waals surface area contributed by atoms with Crippen molar-refractivity contribution in [1.82, 2.24) is 9.62 Å². The third kappa shape index (κ3) is 5.23. The lowest BCUT2D eigenvalue weighted by atomic mass is 9.92. The van der Waals surface area contributed by atoms with Crippen molar-refractivity contribution in [3.8, 4) is 0 Å². The second kappa shape index (κ2) is 8.92. The molecule has 1 aromatic carbocycles. The largest absolute Gasteiger partial charge is 0.464 e. The van der Waals surface area contributed by atoms with Crippen LogP contribution >= 0.6 is 0 Å². The van der Waals surface area contributed by atoms with Gasteiger partial charge in [0.15, 0.2) is 0 Å². The minimum atomic E-state index is -3.55. The number of amides is 1. The van der Waals surface area contributed by atoms with E-state index in [4.69, 9.17) is 4.42 Å². The molecular weight excluding hydrogens is 376 g/mol. The van der Waals surface area contributed by atoms with Crippen LogP contribution in [0.3, 0.4) is 0 Å². The summed E-state index contributed by atoms with van der Waals surface area (Å²) in [6.07, 6.45) is 4.97. The summed E-state index contributed by atoms with van der Waals surface area (Å²) < 4.78 is 33.1. The van der Waals surface area contributed by atoms with Gasteiger partial charge < -0.3 is 9.32 Å². The Bertz CT molecular complexity index is 934. The molecule has 0 saturated heterocycles. The molecular formula is C21H28N2O4S. The maximum Gasteiger partial charge on any atom is 0.240 e. The summed E-state index contributed by atoms with van der Waals surface area (Å²) in [7, 11) is -1.83. The molecule has 0 bridgehead atoms. The molecule has 0 aliphatic heterocycles. The summed E-state index contributed by atoms with van der Waals surface area (Å²) in [6, 6.07) is 9.12. The number of furan rings is 1. The lowest BCUT2D eigenvalue weighted by Crippen LogP contribution is -2.29. The predicted octanol–water partition coefficient (Wildman–Crippen LogP) is 3.18. The smallest absolute Gasteiger partial charge is 0.240 e. The summed E-state index contributed by atoms with van der Waals surface area (Å²) in [5, 5.41) is 0. The highest BCUT2D eigenvalue weighted by atomic mass is 32.2. The molecule has 6 nitrogen and oxygen atoms in total. The molecule has 1 amide bonds. The van der Waals surface area contributed by atoms with Crippen LogP contribution < -0.4 is 4.72 Å². The van der Waals surface area contributed by atoms with Crippen molar-refractivity contribution < 1.29 is 17.6 Å². The van der Waals surface area contributed by atoms with E-state index >= 15 is 0 Å². The molecule has 152 valence electrons. The first-order chi connectivity index (χ1) is 13.3. The first-order valence-corrected chi connectivity index (χ1v) is 11.2. The number of hydrogen-bond acceptors (Lipinski definition) is 4. The normalized spacial score (nSPS) is 13.9. The number of rotatable bonds is 8. The second-order valence-electron chi connectivity index (χ2n) is 7.40. The molecule has 0 spiro atoms. The monoisotopic (exact) mass is 404 g/mol. The van der Waals surface area contributed by atoms with Crippen molar-refractivity contribution in [2.24, 2.45) is 0 Å². The minimum Gasteiger partial charge on any atom is -0.464 e. The second-order valence-corrected chi connectivity index (χ2v) is 9.17. The Labute approximate surface area is 167 Å². The van der Waals surface area contributed by atoms with E-state index in [0.29, 0.717) is 17.9 Å². The molecule has 0 unspecified atom stereocenters. The number of benzene rings is 1. The number of fused-ring (bicyclic) bond motifs is 1. The maximum absolute atomic E-state index is 12.5. The van der Waals surface area contributed by atoms with E-state index in [2.05, 4.69) is 4.72 Å². The van der Waals surface area contributed by atoms with Gasteiger partial charge in [-0.3, -0.25) is 4.79 Å². The number of sulfonamides is 1. The molecule has 2 aromatic rings. The molecule has 3 rings (SSSR count). The van der Waals surface area contributed by atoms with Gasteiger partial charge in [-0.25, -0.2) is 13.1 Å². The molecule has 0 saturated carbocycles. The Morgan fingerprint density at radius 2 is 1.89 bits per heavy atom. The molecule has 1 aliphatic rings. The number of nitrogens with one attached hydrogen (secondary N) is 1. The summed E-state index contributed by atoms with van der Waals surface area (Å²) in [4.78, 5) is 14.1. The van der Waals surface area contributed by atoms with Crippen LogP contribution in [-0.2, 0) is 34.2 Å². The van der Waals surface area contributed by atoms with Gasteiger partial charge in [-0.2, -0.15) is 0 Å². The standard InChI is InChI=1S/C21H28N2O4S/c1-16-9-11-19(27-16)15-23(2)21(24)8-5-13-22-28(25,26)20-12-10-17-6-3-4-7-18(17)14-20/h9-12,14,22H,3-8,13,15H2,1-2H3. The number of aryl methyl sites for hydroxylation is 3. The number of nitrogens with zero attached hydrogens (tertiary/aromatic N) is 1. The fourth-order valence-electron chi connectivity index (χ4n) is 3.49. The van der Waals surface area contributed by atoms with Crippen molar-refractivity contribution in [2.45, 2.75) is 56.9 Å². The van der Waals surface area contributed by atoms with Gasteiger partial charge in [-0.05, 0) is 74.4 Å². The van der Waals surface area contributed by atoms with Gasteiger partial charge in [0.1, 0.15) is 11.5 Å². The summed E-state index contributed by atoms with van der Waals surface area (Å²) in [5.41, 5.74) is 2.39. The van der Waals surface area contributed by atoms with Crippen LogP contribution in [0.4, 0.5) is 0 Å². The zero-order valence-electron chi connectivity index (χ0n) is 16.5. The zero-order valence-corrected chi connectivity index (χ0v) is 17.3. The van der Waals surface area contributed by atoms with Gasteiger partial charge in [0.2, 0.25) is 15.9 Å². The van der Waals surface area contributed by atoms with Crippen LogP contribution in [0.15, 0.2) is 39.6 Å². The van der Waals surface area contributed by atoms with Crippen LogP contribution in [0.5, 0.6) is 0 Å². The number of carbonyl (C=O) groups excluding carboxylic acids is 1. The molecule has 0 radical (unpaired) electrons. The van der Waals surface area contributed by atoms with Gasteiger partial charge in [0, 0.05) is 20.0 Å². The van der Waals surface area contributed by atoms with Gasteiger partial charge in [0.05, 0.1) is 11.4 Å². The Hall–Kier alpha value is -2.12. The fourth-order valence-corrected chi connectivity index (χ4v) is 4.61. The average Bonchev–Trinajstić information content (AvgIpc) is 3.09. The number of hydrogen-bond donors (Lipinski definition) is 1. The van der Waals surface area contributed by atoms with Gasteiger partial charge >= 0.3 is 0 Å². The highest BCUT2D eigenvalue weighted by Gasteiger charge is 2.18. The molecule has 7 heteroatoms. The highest BCUT2D eigenvalue weighted by Crippen LogP contribution is 2.24. The maximum atomic E-state index is 12.5. The van der Waals surface area contributed by atoms with Crippen LogP contribution in [0.25, 0.3) is 0 Å². The molecule has 1 heterocycles. The van der Waals surface area contributed by atoms with E-state index in [9.17, 15) is 13.2 Å². The molecule has 1 aliphatic carbocycles. The molecule has 0 atom stereocenters. The highest BCUT2D eigenvalue weighted by molar-refractivity contribution is 7.89. The first kappa shape index (κ1) is 20.6. The Morgan fingerprint density at radius 1 is 1.14 bits per heavy atom. The molecule has 0 fully saturated rings. The van der Waals surface area contributed by atoms with Gasteiger partial charge in [0.25, 0.3) is 0 Å². The van der Waals surface area contributed by atoms with Crippen molar-refractivity contribution in [3.05, 3.63) is 53.0 Å². The first-order valence-electron chi connectivity index (χ1n) is 9.76. The third-order valence-electron chi connectivity index (χ3n) is 5.10. The Kier molecular flexibility index (Phi) is 6.57. The molecule has 1 aromatic heterocycles. The van der Waals surface area contributed by atoms with E-state index in [1.54, 1.807) is 24.1 Å². The van der Waals surface area contributed by atoms with Gasteiger partial charge in [-0.15, -0.1) is 0 Å². The quantitative estimate of drug-likeness (QED) is 0.686. The topological polar surface area (TPSA) is 79.6 Å². The Balaban J connectivity index is 1.46. The lowest BCUT2D eigenvalue weighted by molar-refractivity contribution is -0.130. The number of carbonyl (C=O) groups is 1. The minimum absolute atomic E-state index is 0.0398. The van der Waals surface area contributed by atoms with Crippen molar-refractivity contribution in [3.63, 3.8) is 0 Å². The van der Waals surface area contributed by atoms with Crippen LogP contribution in [0, 0.1) is 6.92 Å². The molecule has 1 N–H and O–H groups in total. The SMILES string of the molecule is Cc1ccc(CN(C)C(=O)CCCNS(=O)(=O)c2ccc3c(c2)CCCC3)o1. The third-order valence-corrected chi connectivity index (χ3v) is 6.56. The van der Waals surface area contributed by atoms with Crippen LogP contribution in [-0.4, -0.2) is 32.8 Å². The van der Waals surface area contributed by atoms with Crippen molar-refractivity contribution >= 4 is 15.9 Å². The van der Waals surface area contributed by atoms with Crippen molar-refractivity contribution in [2.75, 3.05) is 13.6 Å². The van der Waals surface area contributed by atoms with Crippen LogP contribution in [0.1, 0.15) is 48.3 Å². The summed E-state index contributed by atoms with van der Waals surface area (Å²) in [6.45, 7) is 2.51. The van der Waals surface area contributed by atoms with Crippen LogP contribution in [0.2, 0.25) is 0 Å². The zero-order chi connectivity index (χ0) is 20.1. The van der Waals surface area contributed by atoms with E-state index < -0.39 is 10.0 Å². The van der Waals surface area contributed by atoms with E-state index in [1.165, 1.54) is 12.0 Å². The Morgan fingerprint density at radius 3 is 2.61 bits per heavy atom. The average molecular weight is 405 g/mol. The van der Waals surface area contributed by atoms with E-state index in [-0.39, 0.29) is 18.9 Å². The van der Waals surface area contributed by atoms with E-state index in [1.807, 2.05) is 25.1 Å². The van der Waals surface area contributed by atoms with Crippen molar-refractivity contribution in [1.29, 1.82) is 0 Å². The summed E-state index contributed by atoms with van der Waals surface area (Å²) >= 11 is 0. The predicted molar refractivity (Wildman–Crippen MR) is 107 cm³/mol. The fraction of sp³-hybridized carbons (Fsp3) is 0.476.